The quantitative estimate of drug-likeness (QED) is 0.681. The average molecular weight is 197 g/mol. The minimum absolute atomic E-state index is 0.366. The molecule has 0 aromatic rings. The number of rotatable bonds is 3. The van der Waals surface area contributed by atoms with Gasteiger partial charge in [-0.2, -0.15) is 0 Å². The number of piperidine rings is 1. The Balaban J connectivity index is 2.29. The van der Waals surface area contributed by atoms with Crippen LogP contribution in [0.1, 0.15) is 46.5 Å². The number of nitrogens with zero attached hydrogens (tertiary/aromatic N) is 1. The Labute approximate surface area is 87.7 Å². The van der Waals surface area contributed by atoms with Crippen molar-refractivity contribution in [2.24, 2.45) is 11.8 Å². The molecule has 1 atom stereocenters. The Morgan fingerprint density at radius 1 is 1.50 bits per heavy atom. The van der Waals surface area contributed by atoms with E-state index in [1.54, 1.807) is 0 Å². The van der Waals surface area contributed by atoms with Crippen molar-refractivity contribution in [1.82, 2.24) is 4.90 Å². The molecule has 1 rings (SSSR count). The van der Waals surface area contributed by atoms with E-state index < -0.39 is 0 Å². The Morgan fingerprint density at radius 2 is 2.21 bits per heavy atom. The molecule has 1 saturated heterocycles. The predicted octanol–water partition coefficient (Wildman–Crippen LogP) is 2.68. The molecular weight excluding hydrogens is 174 g/mol. The van der Waals surface area contributed by atoms with Gasteiger partial charge in [0.05, 0.1) is 0 Å². The van der Waals surface area contributed by atoms with Crippen molar-refractivity contribution in [3.63, 3.8) is 0 Å². The number of hydrogen-bond donors (Lipinski definition) is 0. The zero-order chi connectivity index (χ0) is 10.6. The molecule has 0 radical (unpaired) electrons. The lowest BCUT2D eigenvalue weighted by Crippen LogP contribution is -2.39. The van der Waals surface area contributed by atoms with Gasteiger partial charge in [-0.1, -0.05) is 20.8 Å². The van der Waals surface area contributed by atoms with Gasteiger partial charge in [0.1, 0.15) is 0 Å². The summed E-state index contributed by atoms with van der Waals surface area (Å²) in [5.41, 5.74) is 0. The lowest BCUT2D eigenvalue weighted by atomic mass is 9.99. The maximum atomic E-state index is 11.8. The second-order valence-electron chi connectivity index (χ2n) is 5.02. The molecule has 1 aliphatic rings. The van der Waals surface area contributed by atoms with E-state index in [2.05, 4.69) is 25.7 Å². The molecule has 1 heterocycles. The first-order valence-corrected chi connectivity index (χ1v) is 5.87. The molecule has 2 heteroatoms. The Kier molecular flexibility index (Phi) is 4.43. The van der Waals surface area contributed by atoms with Gasteiger partial charge in [0.2, 0.25) is 5.91 Å². The summed E-state index contributed by atoms with van der Waals surface area (Å²) in [6.07, 6.45) is 4.25. The van der Waals surface area contributed by atoms with Gasteiger partial charge in [-0.15, -0.1) is 0 Å². The third kappa shape index (κ3) is 3.69. The van der Waals surface area contributed by atoms with E-state index in [1.165, 1.54) is 12.8 Å². The topological polar surface area (TPSA) is 20.3 Å². The fourth-order valence-electron chi connectivity index (χ4n) is 1.99. The van der Waals surface area contributed by atoms with Crippen molar-refractivity contribution < 1.29 is 4.79 Å². The van der Waals surface area contributed by atoms with Gasteiger partial charge in [0.25, 0.3) is 0 Å². The molecule has 14 heavy (non-hydrogen) atoms. The van der Waals surface area contributed by atoms with Gasteiger partial charge in [0.15, 0.2) is 0 Å². The summed E-state index contributed by atoms with van der Waals surface area (Å²) >= 11 is 0. The summed E-state index contributed by atoms with van der Waals surface area (Å²) in [5, 5.41) is 0. The van der Waals surface area contributed by atoms with Crippen molar-refractivity contribution in [2.45, 2.75) is 46.5 Å². The second-order valence-corrected chi connectivity index (χ2v) is 5.02. The van der Waals surface area contributed by atoms with Crippen LogP contribution in [0.2, 0.25) is 0 Å². The van der Waals surface area contributed by atoms with Gasteiger partial charge in [-0.25, -0.2) is 0 Å². The van der Waals surface area contributed by atoms with Crippen molar-refractivity contribution in [3.8, 4) is 0 Å². The molecule has 0 N–H and O–H groups in total. The molecule has 0 saturated carbocycles. The van der Waals surface area contributed by atoms with Crippen LogP contribution in [0.25, 0.3) is 0 Å². The monoisotopic (exact) mass is 197 g/mol. The highest BCUT2D eigenvalue weighted by Gasteiger charge is 2.20. The van der Waals surface area contributed by atoms with Crippen LogP contribution in [0, 0.1) is 11.8 Å². The van der Waals surface area contributed by atoms with Crippen LogP contribution in [-0.2, 0) is 4.79 Å². The summed E-state index contributed by atoms with van der Waals surface area (Å²) in [6.45, 7) is 8.55. The molecule has 2 nitrogen and oxygen atoms in total. The van der Waals surface area contributed by atoms with Gasteiger partial charge < -0.3 is 4.90 Å². The number of carbonyl (C=O) groups excluding carboxylic acids is 1. The highest BCUT2D eigenvalue weighted by Crippen LogP contribution is 2.17. The molecule has 0 aromatic heterocycles. The van der Waals surface area contributed by atoms with Crippen LogP contribution in [-0.4, -0.2) is 23.9 Å². The standard InChI is InChI=1S/C12H23NO/c1-10(2)6-7-12(14)13-8-4-5-11(3)9-13/h10-11H,4-9H2,1-3H3. The first-order chi connectivity index (χ1) is 6.59. The lowest BCUT2D eigenvalue weighted by molar-refractivity contribution is -0.133. The molecule has 82 valence electrons. The van der Waals surface area contributed by atoms with Crippen LogP contribution < -0.4 is 0 Å². The van der Waals surface area contributed by atoms with Gasteiger partial charge in [-0.3, -0.25) is 4.79 Å². The summed E-state index contributed by atoms with van der Waals surface area (Å²) in [6, 6.07) is 0. The van der Waals surface area contributed by atoms with Crippen molar-refractivity contribution in [3.05, 3.63) is 0 Å². The molecule has 1 aliphatic heterocycles. The van der Waals surface area contributed by atoms with Crippen LogP contribution in [0.4, 0.5) is 0 Å². The molecule has 1 amide bonds. The zero-order valence-corrected chi connectivity index (χ0v) is 9.75. The fourth-order valence-corrected chi connectivity index (χ4v) is 1.99. The van der Waals surface area contributed by atoms with Gasteiger partial charge in [0, 0.05) is 19.5 Å². The minimum atomic E-state index is 0.366. The third-order valence-electron chi connectivity index (χ3n) is 2.95. The molecule has 0 aromatic carbocycles. The number of hydrogen-bond acceptors (Lipinski definition) is 1. The van der Waals surface area contributed by atoms with E-state index >= 15 is 0 Å². The molecule has 1 unspecified atom stereocenters. The fraction of sp³-hybridized carbons (Fsp3) is 0.917. The number of likely N-dealkylation sites (tertiary alicyclic amines) is 1. The summed E-state index contributed by atoms with van der Waals surface area (Å²) in [7, 11) is 0. The van der Waals surface area contributed by atoms with E-state index in [4.69, 9.17) is 0 Å². The summed E-state index contributed by atoms with van der Waals surface area (Å²) in [5.74, 6) is 1.71. The molecular formula is C12H23NO. The van der Waals surface area contributed by atoms with Crippen LogP contribution in [0.15, 0.2) is 0 Å². The molecule has 0 bridgehead atoms. The SMILES string of the molecule is CC(C)CCC(=O)N1CCCC(C)C1. The third-order valence-corrected chi connectivity index (χ3v) is 2.95. The maximum absolute atomic E-state index is 11.8. The van der Waals surface area contributed by atoms with Gasteiger partial charge >= 0.3 is 0 Å². The average Bonchev–Trinajstić information content (AvgIpc) is 2.14. The smallest absolute Gasteiger partial charge is 0.222 e. The highest BCUT2D eigenvalue weighted by molar-refractivity contribution is 5.76. The first kappa shape index (κ1) is 11.5. The van der Waals surface area contributed by atoms with Crippen molar-refractivity contribution in [1.29, 1.82) is 0 Å². The van der Waals surface area contributed by atoms with Crippen molar-refractivity contribution in [2.75, 3.05) is 13.1 Å². The van der Waals surface area contributed by atoms with E-state index in [-0.39, 0.29) is 0 Å². The first-order valence-electron chi connectivity index (χ1n) is 5.87. The minimum Gasteiger partial charge on any atom is -0.342 e. The number of carbonyl (C=O) groups is 1. The second kappa shape index (κ2) is 5.38. The van der Waals surface area contributed by atoms with E-state index in [0.717, 1.165) is 25.9 Å². The lowest BCUT2D eigenvalue weighted by Gasteiger charge is -2.31. The van der Waals surface area contributed by atoms with Crippen LogP contribution >= 0.6 is 0 Å². The Morgan fingerprint density at radius 3 is 2.79 bits per heavy atom. The van der Waals surface area contributed by atoms with Crippen LogP contribution in [0.5, 0.6) is 0 Å². The van der Waals surface area contributed by atoms with E-state index in [1.807, 2.05) is 0 Å². The van der Waals surface area contributed by atoms with Crippen molar-refractivity contribution >= 4 is 5.91 Å². The summed E-state index contributed by atoms with van der Waals surface area (Å²) in [4.78, 5) is 13.8. The van der Waals surface area contributed by atoms with Crippen LogP contribution in [0.3, 0.4) is 0 Å². The highest BCUT2D eigenvalue weighted by atomic mass is 16.2. The molecule has 1 fully saturated rings. The van der Waals surface area contributed by atoms with Gasteiger partial charge in [-0.05, 0) is 31.1 Å². The van der Waals surface area contributed by atoms with E-state index in [0.29, 0.717) is 17.7 Å². The molecule has 0 spiro atoms. The number of amides is 1. The van der Waals surface area contributed by atoms with E-state index in [9.17, 15) is 4.79 Å². The maximum Gasteiger partial charge on any atom is 0.222 e. The normalized spacial score (nSPS) is 22.9. The Bertz CT molecular complexity index is 189. The predicted molar refractivity (Wildman–Crippen MR) is 59.1 cm³/mol. The summed E-state index contributed by atoms with van der Waals surface area (Å²) < 4.78 is 0. The molecule has 0 aliphatic carbocycles. The zero-order valence-electron chi connectivity index (χ0n) is 9.75. The largest absolute Gasteiger partial charge is 0.342 e. The Hall–Kier alpha value is -0.530.